The zero-order valence-corrected chi connectivity index (χ0v) is 8.90. The summed E-state index contributed by atoms with van der Waals surface area (Å²) in [5.74, 6) is 1.09. The van der Waals surface area contributed by atoms with Gasteiger partial charge >= 0.3 is 0 Å². The van der Waals surface area contributed by atoms with Gasteiger partial charge in [-0.05, 0) is 5.92 Å². The summed E-state index contributed by atoms with van der Waals surface area (Å²) >= 11 is 0. The molecule has 2 rings (SSSR count). The standard InChI is InChI=1S/C12H14N2O/c1-8(2)10-11(15-12(13)14-10)9-6-4-3-5-7-9/h3-8H,1-2H3,(H2,13,14). The minimum atomic E-state index is 0.234. The first kappa shape index (κ1) is 9.77. The average Bonchev–Trinajstić information content (AvgIpc) is 2.62. The Kier molecular flexibility index (Phi) is 2.46. The van der Waals surface area contributed by atoms with E-state index in [1.54, 1.807) is 0 Å². The third kappa shape index (κ3) is 1.86. The van der Waals surface area contributed by atoms with Gasteiger partial charge < -0.3 is 10.2 Å². The van der Waals surface area contributed by atoms with E-state index in [1.165, 1.54) is 0 Å². The van der Waals surface area contributed by atoms with Crippen LogP contribution in [0, 0.1) is 0 Å². The van der Waals surface area contributed by atoms with E-state index < -0.39 is 0 Å². The summed E-state index contributed by atoms with van der Waals surface area (Å²) in [6.07, 6.45) is 0. The molecule has 0 aliphatic carbocycles. The normalized spacial score (nSPS) is 10.9. The average molecular weight is 202 g/mol. The highest BCUT2D eigenvalue weighted by molar-refractivity contribution is 5.61. The Morgan fingerprint density at radius 1 is 1.20 bits per heavy atom. The fourth-order valence-electron chi connectivity index (χ4n) is 1.54. The van der Waals surface area contributed by atoms with E-state index in [9.17, 15) is 0 Å². The molecule has 1 heterocycles. The van der Waals surface area contributed by atoms with E-state index in [0.717, 1.165) is 17.0 Å². The van der Waals surface area contributed by atoms with Crippen LogP contribution in [0.5, 0.6) is 0 Å². The van der Waals surface area contributed by atoms with Crippen molar-refractivity contribution in [3.63, 3.8) is 0 Å². The van der Waals surface area contributed by atoms with Crippen molar-refractivity contribution in [2.45, 2.75) is 19.8 Å². The molecule has 3 heteroatoms. The summed E-state index contributed by atoms with van der Waals surface area (Å²) in [4.78, 5) is 4.20. The van der Waals surface area contributed by atoms with Crippen molar-refractivity contribution in [1.82, 2.24) is 4.98 Å². The first-order valence-electron chi connectivity index (χ1n) is 5.00. The van der Waals surface area contributed by atoms with E-state index in [0.29, 0.717) is 5.92 Å². The Labute approximate surface area is 88.9 Å². The molecule has 3 nitrogen and oxygen atoms in total. The van der Waals surface area contributed by atoms with Crippen LogP contribution in [0.4, 0.5) is 6.01 Å². The highest BCUT2D eigenvalue weighted by atomic mass is 16.4. The molecule has 0 spiro atoms. The van der Waals surface area contributed by atoms with Crippen LogP contribution in [0.1, 0.15) is 25.5 Å². The summed E-state index contributed by atoms with van der Waals surface area (Å²) in [7, 11) is 0. The Morgan fingerprint density at radius 3 is 2.47 bits per heavy atom. The van der Waals surface area contributed by atoms with Crippen molar-refractivity contribution in [2.24, 2.45) is 0 Å². The van der Waals surface area contributed by atoms with E-state index in [4.69, 9.17) is 10.2 Å². The number of nitrogens with two attached hydrogens (primary N) is 1. The van der Waals surface area contributed by atoms with E-state index >= 15 is 0 Å². The Balaban J connectivity index is 2.53. The summed E-state index contributed by atoms with van der Waals surface area (Å²) in [6, 6.07) is 10.1. The van der Waals surface area contributed by atoms with Crippen molar-refractivity contribution in [3.05, 3.63) is 36.0 Å². The maximum Gasteiger partial charge on any atom is 0.292 e. The Bertz CT molecular complexity index is 446. The van der Waals surface area contributed by atoms with Gasteiger partial charge in [-0.15, -0.1) is 0 Å². The number of hydrogen-bond donors (Lipinski definition) is 1. The van der Waals surface area contributed by atoms with Crippen molar-refractivity contribution in [2.75, 3.05) is 5.73 Å². The summed E-state index contributed by atoms with van der Waals surface area (Å²) in [5, 5.41) is 0. The lowest BCUT2D eigenvalue weighted by molar-refractivity contribution is 0.592. The monoisotopic (exact) mass is 202 g/mol. The first-order valence-corrected chi connectivity index (χ1v) is 5.00. The van der Waals surface area contributed by atoms with Crippen LogP contribution in [-0.2, 0) is 0 Å². The minimum absolute atomic E-state index is 0.234. The molecule has 0 saturated heterocycles. The molecule has 0 aliphatic rings. The minimum Gasteiger partial charge on any atom is -0.423 e. The zero-order chi connectivity index (χ0) is 10.8. The van der Waals surface area contributed by atoms with Gasteiger partial charge in [-0.2, -0.15) is 4.98 Å². The molecule has 2 N–H and O–H groups in total. The van der Waals surface area contributed by atoms with Crippen LogP contribution in [0.25, 0.3) is 11.3 Å². The summed E-state index contributed by atoms with van der Waals surface area (Å²) < 4.78 is 5.43. The molecule has 0 amide bonds. The quantitative estimate of drug-likeness (QED) is 0.814. The first-order chi connectivity index (χ1) is 7.18. The van der Waals surface area contributed by atoms with Gasteiger partial charge in [0.15, 0.2) is 5.76 Å². The maximum absolute atomic E-state index is 5.58. The third-order valence-electron chi connectivity index (χ3n) is 2.25. The highest BCUT2D eigenvalue weighted by Crippen LogP contribution is 2.30. The fourth-order valence-corrected chi connectivity index (χ4v) is 1.54. The number of oxazole rings is 1. The number of nitrogens with zero attached hydrogens (tertiary/aromatic N) is 1. The van der Waals surface area contributed by atoms with Crippen LogP contribution in [0.15, 0.2) is 34.7 Å². The molecule has 0 aliphatic heterocycles. The van der Waals surface area contributed by atoms with Crippen LogP contribution in [0.3, 0.4) is 0 Å². The van der Waals surface area contributed by atoms with Crippen LogP contribution < -0.4 is 5.73 Å². The second-order valence-corrected chi connectivity index (χ2v) is 3.79. The van der Waals surface area contributed by atoms with Crippen molar-refractivity contribution >= 4 is 6.01 Å². The fraction of sp³-hybridized carbons (Fsp3) is 0.250. The lowest BCUT2D eigenvalue weighted by atomic mass is 10.0. The van der Waals surface area contributed by atoms with Gasteiger partial charge in [0.25, 0.3) is 6.01 Å². The maximum atomic E-state index is 5.58. The molecule has 0 atom stereocenters. The van der Waals surface area contributed by atoms with Gasteiger partial charge in [0.1, 0.15) is 0 Å². The van der Waals surface area contributed by atoms with Gasteiger partial charge in [0.05, 0.1) is 5.69 Å². The Hall–Kier alpha value is -1.77. The van der Waals surface area contributed by atoms with Gasteiger partial charge in [0.2, 0.25) is 0 Å². The number of hydrogen-bond acceptors (Lipinski definition) is 3. The molecule has 1 aromatic heterocycles. The lowest BCUT2D eigenvalue weighted by Gasteiger charge is -2.02. The van der Waals surface area contributed by atoms with E-state index in [-0.39, 0.29) is 6.01 Å². The molecule has 15 heavy (non-hydrogen) atoms. The molecule has 0 unspecified atom stereocenters. The van der Waals surface area contributed by atoms with Gasteiger partial charge in [-0.3, -0.25) is 0 Å². The number of rotatable bonds is 2. The molecule has 0 saturated carbocycles. The third-order valence-corrected chi connectivity index (χ3v) is 2.25. The van der Waals surface area contributed by atoms with Crippen molar-refractivity contribution in [1.29, 1.82) is 0 Å². The van der Waals surface area contributed by atoms with Crippen LogP contribution in [-0.4, -0.2) is 4.98 Å². The van der Waals surface area contributed by atoms with Gasteiger partial charge in [0, 0.05) is 5.56 Å². The van der Waals surface area contributed by atoms with E-state index in [2.05, 4.69) is 18.8 Å². The number of anilines is 1. The smallest absolute Gasteiger partial charge is 0.292 e. The highest BCUT2D eigenvalue weighted by Gasteiger charge is 2.15. The van der Waals surface area contributed by atoms with Crippen LogP contribution >= 0.6 is 0 Å². The summed E-state index contributed by atoms with van der Waals surface area (Å²) in [5.41, 5.74) is 7.51. The lowest BCUT2D eigenvalue weighted by Crippen LogP contribution is -1.91. The SMILES string of the molecule is CC(C)c1nc(N)oc1-c1ccccc1. The number of nitrogen functional groups attached to an aromatic ring is 1. The van der Waals surface area contributed by atoms with E-state index in [1.807, 2.05) is 30.3 Å². The largest absolute Gasteiger partial charge is 0.423 e. The second-order valence-electron chi connectivity index (χ2n) is 3.79. The zero-order valence-electron chi connectivity index (χ0n) is 8.90. The molecule has 0 fully saturated rings. The molecular weight excluding hydrogens is 188 g/mol. The predicted molar refractivity (Wildman–Crippen MR) is 60.4 cm³/mol. The summed E-state index contributed by atoms with van der Waals surface area (Å²) in [6.45, 7) is 4.15. The molecule has 78 valence electrons. The number of aromatic nitrogens is 1. The van der Waals surface area contributed by atoms with Crippen LogP contribution in [0.2, 0.25) is 0 Å². The predicted octanol–water partition coefficient (Wildman–Crippen LogP) is 3.05. The number of benzene rings is 1. The van der Waals surface area contributed by atoms with Crippen molar-refractivity contribution < 1.29 is 4.42 Å². The van der Waals surface area contributed by atoms with Gasteiger partial charge in [-0.1, -0.05) is 44.2 Å². The topological polar surface area (TPSA) is 52.0 Å². The molecular formula is C12H14N2O. The molecule has 1 aromatic carbocycles. The molecule has 0 bridgehead atoms. The Morgan fingerprint density at radius 2 is 1.87 bits per heavy atom. The molecule has 2 aromatic rings. The van der Waals surface area contributed by atoms with Gasteiger partial charge in [-0.25, -0.2) is 0 Å². The molecule has 0 radical (unpaired) electrons. The second kappa shape index (κ2) is 3.77. The van der Waals surface area contributed by atoms with Crippen molar-refractivity contribution in [3.8, 4) is 11.3 Å².